The van der Waals surface area contributed by atoms with Crippen molar-refractivity contribution in [1.29, 1.82) is 5.26 Å². The highest BCUT2D eigenvalue weighted by Gasteiger charge is 2.22. The predicted octanol–water partition coefficient (Wildman–Crippen LogP) is 3.35. The molecule has 0 radical (unpaired) electrons. The molecule has 5 heteroatoms. The van der Waals surface area contributed by atoms with Gasteiger partial charge in [0.15, 0.2) is 6.61 Å². The number of benzene rings is 1. The van der Waals surface area contributed by atoms with Gasteiger partial charge in [-0.2, -0.15) is 5.26 Å². The van der Waals surface area contributed by atoms with E-state index < -0.39 is 12.5 Å². The van der Waals surface area contributed by atoms with Crippen molar-refractivity contribution in [3.05, 3.63) is 28.2 Å². The summed E-state index contributed by atoms with van der Waals surface area (Å²) in [5, 5.41) is 8.64. The summed E-state index contributed by atoms with van der Waals surface area (Å²) >= 11 is 3.16. The molecule has 0 atom stereocenters. The molecular weight excluding hydrogens is 268 g/mol. The van der Waals surface area contributed by atoms with Gasteiger partial charge in [-0.15, -0.1) is 0 Å². The molecule has 0 unspecified atom stereocenters. The lowest BCUT2D eigenvalue weighted by Gasteiger charge is -2.12. The summed E-state index contributed by atoms with van der Waals surface area (Å²) in [6, 6.07) is 6.44. The number of nitriles is 1. The average Bonchev–Trinajstić information content (AvgIpc) is 2.13. The molecule has 0 N–H and O–H groups in total. The van der Waals surface area contributed by atoms with Crippen molar-refractivity contribution in [3.63, 3.8) is 0 Å². The first-order valence-electron chi connectivity index (χ1n) is 4.12. The van der Waals surface area contributed by atoms with Crippen LogP contribution < -0.4 is 4.74 Å². The fraction of sp³-hybridized carbons (Fsp3) is 0.300. The molecule has 2 nitrogen and oxygen atoms in total. The van der Waals surface area contributed by atoms with Crippen LogP contribution in [0.2, 0.25) is 0 Å². The Kier molecular flexibility index (Phi) is 3.64. The summed E-state index contributed by atoms with van der Waals surface area (Å²) in [6.45, 7) is 0.0739. The lowest BCUT2D eigenvalue weighted by atomic mass is 10.2. The van der Waals surface area contributed by atoms with E-state index in [0.29, 0.717) is 10.0 Å². The lowest BCUT2D eigenvalue weighted by Crippen LogP contribution is -2.20. The van der Waals surface area contributed by atoms with Crippen molar-refractivity contribution in [1.82, 2.24) is 0 Å². The zero-order valence-corrected chi connectivity index (χ0v) is 9.51. The maximum Gasteiger partial charge on any atom is 0.278 e. The van der Waals surface area contributed by atoms with Gasteiger partial charge < -0.3 is 4.74 Å². The van der Waals surface area contributed by atoms with Crippen LogP contribution in [0.25, 0.3) is 0 Å². The standard InChI is InChI=1S/C10H8BrF2NO/c1-10(12,13)6-15-9-3-7(5-14)2-8(11)4-9/h2-4H,6H2,1H3. The molecule has 0 saturated carbocycles. The molecule has 0 bridgehead atoms. The smallest absolute Gasteiger partial charge is 0.278 e. The fourth-order valence-corrected chi connectivity index (χ4v) is 1.39. The summed E-state index contributed by atoms with van der Waals surface area (Å²) in [5.41, 5.74) is 0.360. The summed E-state index contributed by atoms with van der Waals surface area (Å²) in [7, 11) is 0. The van der Waals surface area contributed by atoms with Crippen LogP contribution in [0.1, 0.15) is 12.5 Å². The SMILES string of the molecule is CC(F)(F)COc1cc(Br)cc(C#N)c1. The van der Waals surface area contributed by atoms with Crippen molar-refractivity contribution >= 4 is 15.9 Å². The highest BCUT2D eigenvalue weighted by Crippen LogP contribution is 2.22. The van der Waals surface area contributed by atoms with Crippen LogP contribution in [0.4, 0.5) is 8.78 Å². The first kappa shape index (κ1) is 11.9. The lowest BCUT2D eigenvalue weighted by molar-refractivity contribution is -0.0229. The van der Waals surface area contributed by atoms with Crippen LogP contribution in [-0.2, 0) is 0 Å². The van der Waals surface area contributed by atoms with Crippen molar-refractivity contribution in [2.24, 2.45) is 0 Å². The van der Waals surface area contributed by atoms with Gasteiger partial charge in [0.05, 0.1) is 11.6 Å². The molecule has 0 aliphatic heterocycles. The summed E-state index contributed by atoms with van der Waals surface area (Å²) in [6.07, 6.45) is 0. The third kappa shape index (κ3) is 4.26. The van der Waals surface area contributed by atoms with Gasteiger partial charge in [0.25, 0.3) is 5.92 Å². The van der Waals surface area contributed by atoms with Crippen molar-refractivity contribution < 1.29 is 13.5 Å². The van der Waals surface area contributed by atoms with Crippen LogP contribution >= 0.6 is 15.9 Å². The number of alkyl halides is 2. The van der Waals surface area contributed by atoms with E-state index in [4.69, 9.17) is 10.00 Å². The number of ether oxygens (including phenoxy) is 1. The number of rotatable bonds is 3. The summed E-state index contributed by atoms with van der Waals surface area (Å²) < 4.78 is 30.5. The van der Waals surface area contributed by atoms with E-state index in [0.717, 1.165) is 6.92 Å². The summed E-state index contributed by atoms with van der Waals surface area (Å²) in [5.74, 6) is -2.63. The van der Waals surface area contributed by atoms with E-state index in [1.807, 2.05) is 6.07 Å². The van der Waals surface area contributed by atoms with Crippen LogP contribution in [-0.4, -0.2) is 12.5 Å². The molecule has 15 heavy (non-hydrogen) atoms. The van der Waals surface area contributed by atoms with Gasteiger partial charge in [0.1, 0.15) is 5.75 Å². The molecule has 0 fully saturated rings. The number of hydrogen-bond donors (Lipinski definition) is 0. The molecule has 1 rings (SSSR count). The molecule has 0 saturated heterocycles. The zero-order chi connectivity index (χ0) is 11.5. The molecule has 0 aliphatic rings. The molecular formula is C10H8BrF2NO. The van der Waals surface area contributed by atoms with E-state index >= 15 is 0 Å². The van der Waals surface area contributed by atoms with Crippen LogP contribution in [0, 0.1) is 11.3 Å². The molecule has 80 valence electrons. The monoisotopic (exact) mass is 275 g/mol. The van der Waals surface area contributed by atoms with Gasteiger partial charge in [0.2, 0.25) is 0 Å². The molecule has 0 spiro atoms. The van der Waals surface area contributed by atoms with Gasteiger partial charge in [-0.3, -0.25) is 0 Å². The molecule has 1 aromatic rings. The van der Waals surface area contributed by atoms with E-state index in [1.165, 1.54) is 12.1 Å². The topological polar surface area (TPSA) is 33.0 Å². The second-order valence-corrected chi connectivity index (χ2v) is 4.06. The minimum Gasteiger partial charge on any atom is -0.487 e. The van der Waals surface area contributed by atoms with Gasteiger partial charge in [-0.05, 0) is 18.2 Å². The molecule has 0 aliphatic carbocycles. The largest absolute Gasteiger partial charge is 0.487 e. The number of hydrogen-bond acceptors (Lipinski definition) is 2. The fourth-order valence-electron chi connectivity index (χ4n) is 0.921. The first-order chi connectivity index (χ1) is 6.90. The molecule has 0 amide bonds. The average molecular weight is 276 g/mol. The first-order valence-corrected chi connectivity index (χ1v) is 4.91. The Hall–Kier alpha value is -1.15. The van der Waals surface area contributed by atoms with E-state index in [2.05, 4.69) is 15.9 Å². The molecule has 1 aromatic carbocycles. The second-order valence-electron chi connectivity index (χ2n) is 3.15. The highest BCUT2D eigenvalue weighted by atomic mass is 79.9. The van der Waals surface area contributed by atoms with E-state index in [9.17, 15) is 8.78 Å². The van der Waals surface area contributed by atoms with Gasteiger partial charge in [-0.25, -0.2) is 8.78 Å². The Morgan fingerprint density at radius 1 is 1.47 bits per heavy atom. The minimum atomic E-state index is -2.88. The van der Waals surface area contributed by atoms with Crippen molar-refractivity contribution in [2.45, 2.75) is 12.8 Å². The number of nitrogens with zero attached hydrogens (tertiary/aromatic N) is 1. The Bertz CT molecular complexity index is 395. The Balaban J connectivity index is 2.78. The number of halogens is 3. The van der Waals surface area contributed by atoms with Crippen LogP contribution in [0.15, 0.2) is 22.7 Å². The van der Waals surface area contributed by atoms with Gasteiger partial charge >= 0.3 is 0 Å². The van der Waals surface area contributed by atoms with Gasteiger partial charge in [-0.1, -0.05) is 15.9 Å². The Morgan fingerprint density at radius 3 is 2.67 bits per heavy atom. The predicted molar refractivity (Wildman–Crippen MR) is 55.0 cm³/mol. The van der Waals surface area contributed by atoms with E-state index in [-0.39, 0.29) is 5.75 Å². The minimum absolute atomic E-state index is 0.252. The van der Waals surface area contributed by atoms with Crippen LogP contribution in [0.5, 0.6) is 5.75 Å². The van der Waals surface area contributed by atoms with Gasteiger partial charge in [0, 0.05) is 11.4 Å². The Morgan fingerprint density at radius 2 is 2.13 bits per heavy atom. The maximum atomic E-state index is 12.5. The molecule has 0 heterocycles. The molecule has 0 aromatic heterocycles. The maximum absolute atomic E-state index is 12.5. The Labute approximate surface area is 94.6 Å². The zero-order valence-electron chi connectivity index (χ0n) is 7.93. The van der Waals surface area contributed by atoms with Crippen molar-refractivity contribution in [3.8, 4) is 11.8 Å². The second kappa shape index (κ2) is 4.58. The highest BCUT2D eigenvalue weighted by molar-refractivity contribution is 9.10. The van der Waals surface area contributed by atoms with Crippen LogP contribution in [0.3, 0.4) is 0 Å². The summed E-state index contributed by atoms with van der Waals surface area (Å²) in [4.78, 5) is 0. The van der Waals surface area contributed by atoms with Crippen molar-refractivity contribution in [2.75, 3.05) is 6.61 Å². The third-order valence-electron chi connectivity index (χ3n) is 1.49. The third-order valence-corrected chi connectivity index (χ3v) is 1.95. The quantitative estimate of drug-likeness (QED) is 0.848. The van der Waals surface area contributed by atoms with E-state index in [1.54, 1.807) is 6.07 Å². The normalized spacial score (nSPS) is 10.9.